The minimum absolute atomic E-state index is 0. The van der Waals surface area contributed by atoms with E-state index in [9.17, 15) is 4.79 Å². The Morgan fingerprint density at radius 2 is 1.77 bits per heavy atom. The lowest BCUT2D eigenvalue weighted by atomic mass is 10.0. The summed E-state index contributed by atoms with van der Waals surface area (Å²) in [7, 11) is 1.65. The van der Waals surface area contributed by atoms with E-state index in [1.165, 1.54) is 0 Å². The number of ether oxygens (including phenoxy) is 1. The Hall–Kier alpha value is -3.86. The van der Waals surface area contributed by atoms with Crippen molar-refractivity contribution >= 4 is 22.5 Å². The van der Waals surface area contributed by atoms with Crippen LogP contribution in [0.5, 0.6) is 5.75 Å². The molecule has 4 rings (SSSR count). The number of carbonyl (C=O) groups is 1. The molecule has 0 unspecified atom stereocenters. The van der Waals surface area contributed by atoms with Gasteiger partial charge in [-0.3, -0.25) is 4.79 Å². The predicted octanol–water partition coefficient (Wildman–Crippen LogP) is 5.26. The molecule has 30 heavy (non-hydrogen) atoms. The van der Waals surface area contributed by atoms with Gasteiger partial charge in [0.25, 0.3) is 0 Å². The van der Waals surface area contributed by atoms with Crippen molar-refractivity contribution in [1.29, 1.82) is 0 Å². The van der Waals surface area contributed by atoms with Crippen LogP contribution in [0.15, 0.2) is 78.9 Å². The fourth-order valence-electron chi connectivity index (χ4n) is 3.28. The quantitative estimate of drug-likeness (QED) is 0.464. The van der Waals surface area contributed by atoms with Gasteiger partial charge in [0.2, 0.25) is 5.91 Å². The lowest BCUT2D eigenvalue weighted by molar-refractivity contribution is 0.100. The molecule has 4 aromatic rings. The zero-order valence-electron chi connectivity index (χ0n) is 16.1. The molecule has 0 bridgehead atoms. The summed E-state index contributed by atoms with van der Waals surface area (Å²) in [6.45, 7) is 0.592. The van der Waals surface area contributed by atoms with Crippen LogP contribution in [0.25, 0.3) is 22.2 Å². The van der Waals surface area contributed by atoms with E-state index >= 15 is 0 Å². The summed E-state index contributed by atoms with van der Waals surface area (Å²) >= 11 is 0. The van der Waals surface area contributed by atoms with Crippen molar-refractivity contribution in [2.24, 2.45) is 5.73 Å². The summed E-state index contributed by atoms with van der Waals surface area (Å²) in [5.41, 5.74) is 10.7. The summed E-state index contributed by atoms with van der Waals surface area (Å²) < 4.78 is 5.25. The first-order valence-corrected chi connectivity index (χ1v) is 9.31. The zero-order chi connectivity index (χ0) is 20.2. The Labute approximate surface area is 176 Å². The fraction of sp³-hybridized carbons (Fsp3) is 0.120. The van der Waals surface area contributed by atoms with E-state index in [0.29, 0.717) is 12.1 Å². The molecule has 1 aromatic heterocycles. The number of hydrogen-bond donors (Lipinski definition) is 2. The van der Waals surface area contributed by atoms with Crippen LogP contribution in [-0.4, -0.2) is 18.0 Å². The Morgan fingerprint density at radius 3 is 2.50 bits per heavy atom. The van der Waals surface area contributed by atoms with Crippen LogP contribution in [-0.2, 0) is 6.54 Å². The molecule has 5 heteroatoms. The maximum Gasteiger partial charge on any atom is 0.248 e. The van der Waals surface area contributed by atoms with Gasteiger partial charge in [0.15, 0.2) is 0 Å². The third kappa shape index (κ3) is 4.41. The molecule has 0 radical (unpaired) electrons. The topological polar surface area (TPSA) is 77.2 Å². The number of rotatable bonds is 6. The second-order valence-electron chi connectivity index (χ2n) is 6.71. The van der Waals surface area contributed by atoms with Crippen molar-refractivity contribution in [2.75, 3.05) is 12.4 Å². The van der Waals surface area contributed by atoms with Crippen LogP contribution in [0.3, 0.4) is 0 Å². The Bertz CT molecular complexity index is 1170. The first-order valence-electron chi connectivity index (χ1n) is 9.31. The van der Waals surface area contributed by atoms with Crippen molar-refractivity contribution in [3.8, 4) is 17.0 Å². The molecule has 0 atom stereocenters. The van der Waals surface area contributed by atoms with E-state index in [4.69, 9.17) is 15.5 Å². The summed E-state index contributed by atoms with van der Waals surface area (Å²) in [6, 6.07) is 25.2. The molecule has 152 valence electrons. The van der Waals surface area contributed by atoms with Gasteiger partial charge in [-0.2, -0.15) is 0 Å². The minimum atomic E-state index is -0.440. The van der Waals surface area contributed by atoms with Gasteiger partial charge in [-0.15, -0.1) is 0 Å². The second-order valence-corrected chi connectivity index (χ2v) is 6.71. The van der Waals surface area contributed by atoms with Crippen molar-refractivity contribution in [1.82, 2.24) is 4.98 Å². The molecule has 0 aliphatic carbocycles. The van der Waals surface area contributed by atoms with Crippen LogP contribution >= 0.6 is 0 Å². The molecule has 3 aromatic carbocycles. The van der Waals surface area contributed by atoms with E-state index in [1.54, 1.807) is 19.2 Å². The average molecular weight is 399 g/mol. The van der Waals surface area contributed by atoms with Crippen LogP contribution < -0.4 is 15.8 Å². The number of carbonyl (C=O) groups excluding carboxylic acids is 1. The van der Waals surface area contributed by atoms with Gasteiger partial charge in [-0.05, 0) is 60.2 Å². The van der Waals surface area contributed by atoms with Gasteiger partial charge in [0.05, 0.1) is 18.3 Å². The van der Waals surface area contributed by atoms with Crippen LogP contribution in [0.1, 0.15) is 23.3 Å². The Balaban J connectivity index is 0.00000256. The number of nitrogens with zero attached hydrogens (tertiary/aromatic N) is 1. The number of aromatic nitrogens is 1. The van der Waals surface area contributed by atoms with Gasteiger partial charge in [-0.25, -0.2) is 4.98 Å². The smallest absolute Gasteiger partial charge is 0.248 e. The molecule has 0 fully saturated rings. The van der Waals surface area contributed by atoms with Gasteiger partial charge >= 0.3 is 0 Å². The first kappa shape index (κ1) is 20.9. The van der Waals surface area contributed by atoms with Crippen LogP contribution in [0, 0.1) is 0 Å². The molecule has 3 N–H and O–H groups in total. The highest BCUT2D eigenvalue weighted by Gasteiger charge is 2.09. The lowest BCUT2D eigenvalue weighted by Gasteiger charge is -2.12. The molecular formula is C25H25N3O2. The first-order chi connectivity index (χ1) is 14.1. The largest absolute Gasteiger partial charge is 0.497 e. The molecule has 1 amide bonds. The van der Waals surface area contributed by atoms with Gasteiger partial charge < -0.3 is 15.8 Å². The number of methoxy groups -OCH3 is 1. The number of para-hydroxylation sites is 1. The van der Waals surface area contributed by atoms with Crippen molar-refractivity contribution in [3.05, 3.63) is 90.0 Å². The number of fused-ring (bicyclic) bond motifs is 1. The van der Waals surface area contributed by atoms with Crippen molar-refractivity contribution < 1.29 is 9.53 Å². The summed E-state index contributed by atoms with van der Waals surface area (Å²) in [6.07, 6.45) is 0. The van der Waals surface area contributed by atoms with E-state index in [2.05, 4.69) is 17.4 Å². The maximum absolute atomic E-state index is 11.4. The number of primary amides is 1. The molecular weight excluding hydrogens is 374 g/mol. The Morgan fingerprint density at radius 1 is 1.00 bits per heavy atom. The normalized spacial score (nSPS) is 10.3. The highest BCUT2D eigenvalue weighted by Crippen LogP contribution is 2.27. The van der Waals surface area contributed by atoms with Gasteiger partial charge in [-0.1, -0.05) is 31.7 Å². The fourth-order valence-corrected chi connectivity index (χ4v) is 3.28. The molecule has 0 saturated carbocycles. The number of nitrogens with one attached hydrogen (secondary N) is 1. The summed E-state index contributed by atoms with van der Waals surface area (Å²) in [5, 5.41) is 4.48. The minimum Gasteiger partial charge on any atom is -0.497 e. The molecule has 1 heterocycles. The van der Waals surface area contributed by atoms with Crippen LogP contribution in [0.4, 0.5) is 5.69 Å². The van der Waals surface area contributed by atoms with E-state index in [0.717, 1.165) is 39.2 Å². The van der Waals surface area contributed by atoms with Crippen molar-refractivity contribution in [2.45, 2.75) is 14.0 Å². The average Bonchev–Trinajstić information content (AvgIpc) is 2.77. The maximum atomic E-state index is 11.4. The number of pyridine rings is 1. The van der Waals surface area contributed by atoms with Crippen LogP contribution in [0.2, 0.25) is 0 Å². The predicted molar refractivity (Wildman–Crippen MR) is 123 cm³/mol. The van der Waals surface area contributed by atoms with E-state index in [-0.39, 0.29) is 7.43 Å². The number of amides is 1. The SMILES string of the molecule is C.COc1ccc(-c2cc(CNc3cccc(C(N)=O)c3)c3ccccc3n2)cc1. The number of benzene rings is 3. The summed E-state index contributed by atoms with van der Waals surface area (Å²) in [4.78, 5) is 16.3. The molecule has 0 spiro atoms. The Kier molecular flexibility index (Phi) is 6.32. The standard InChI is InChI=1S/C24H21N3O2.CH4/c1-29-20-11-9-16(10-12-20)23-14-18(21-7-2-3-8-22(21)27-23)15-26-19-6-4-5-17(13-19)24(25)28;/h2-14,26H,15H2,1H3,(H2,25,28);1H4. The summed E-state index contributed by atoms with van der Waals surface area (Å²) in [5.74, 6) is 0.371. The van der Waals surface area contributed by atoms with Gasteiger partial charge in [0.1, 0.15) is 5.75 Å². The molecule has 0 aliphatic rings. The van der Waals surface area contributed by atoms with Gasteiger partial charge in [0, 0.05) is 28.7 Å². The third-order valence-electron chi connectivity index (χ3n) is 4.82. The lowest BCUT2D eigenvalue weighted by Crippen LogP contribution is -2.11. The molecule has 0 saturated heterocycles. The van der Waals surface area contributed by atoms with E-state index < -0.39 is 5.91 Å². The monoisotopic (exact) mass is 399 g/mol. The molecule has 0 aliphatic heterocycles. The number of nitrogens with two attached hydrogens (primary N) is 1. The zero-order valence-corrected chi connectivity index (χ0v) is 16.1. The number of hydrogen-bond acceptors (Lipinski definition) is 4. The highest BCUT2D eigenvalue weighted by molar-refractivity contribution is 5.93. The molecule has 5 nitrogen and oxygen atoms in total. The second kappa shape index (κ2) is 9.09. The van der Waals surface area contributed by atoms with E-state index in [1.807, 2.05) is 54.6 Å². The highest BCUT2D eigenvalue weighted by atomic mass is 16.5. The number of anilines is 1. The van der Waals surface area contributed by atoms with Crippen molar-refractivity contribution in [3.63, 3.8) is 0 Å². The third-order valence-corrected chi connectivity index (χ3v) is 4.82.